The smallest absolute Gasteiger partial charge is 0.135 e. The van der Waals surface area contributed by atoms with E-state index in [2.05, 4.69) is 193 Å². The molecule has 0 saturated heterocycles. The molecule has 264 valence electrons. The highest BCUT2D eigenvalue weighted by Crippen LogP contribution is 2.40. The standard InChI is InChI=1S/C53H35NOS/c1-2-11-37-30-39(21-20-35(37)10-1)36-22-26-43(27-23-36)54(44-14-9-13-38(31-44)40-24-28-48-47-17-6-8-19-52(47)56-53(48)33-40)34-42-12-3-4-15-45(42)41-25-29-51-49(32-41)46-16-5-7-18-50(46)55-51/h1-33H,34H2. The zero-order chi connectivity index (χ0) is 37.0. The Morgan fingerprint density at radius 3 is 1.98 bits per heavy atom. The van der Waals surface area contributed by atoms with Crippen LogP contribution < -0.4 is 4.90 Å². The van der Waals surface area contributed by atoms with Crippen LogP contribution in [0.15, 0.2) is 205 Å². The Balaban J connectivity index is 1.01. The number of thiophene rings is 1. The van der Waals surface area contributed by atoms with Crippen molar-refractivity contribution in [2.45, 2.75) is 6.54 Å². The van der Waals surface area contributed by atoms with Crippen LogP contribution in [0.1, 0.15) is 5.56 Å². The minimum Gasteiger partial charge on any atom is -0.456 e. The van der Waals surface area contributed by atoms with Gasteiger partial charge in [-0.05, 0) is 110 Å². The summed E-state index contributed by atoms with van der Waals surface area (Å²) in [6.07, 6.45) is 0. The molecular weight excluding hydrogens is 699 g/mol. The van der Waals surface area contributed by atoms with E-state index in [1.165, 1.54) is 69.9 Å². The first-order valence-electron chi connectivity index (χ1n) is 19.1. The maximum absolute atomic E-state index is 6.20. The van der Waals surface area contributed by atoms with E-state index in [0.29, 0.717) is 6.54 Å². The highest BCUT2D eigenvalue weighted by Gasteiger charge is 2.17. The third-order valence-electron chi connectivity index (χ3n) is 11.2. The van der Waals surface area contributed by atoms with Crippen molar-refractivity contribution < 1.29 is 4.42 Å². The van der Waals surface area contributed by atoms with E-state index in [-0.39, 0.29) is 0 Å². The van der Waals surface area contributed by atoms with Crippen LogP contribution in [0.2, 0.25) is 0 Å². The van der Waals surface area contributed by atoms with E-state index in [1.807, 2.05) is 23.5 Å². The summed E-state index contributed by atoms with van der Waals surface area (Å²) in [6.45, 7) is 0.689. The van der Waals surface area contributed by atoms with Crippen molar-refractivity contribution in [2.24, 2.45) is 0 Å². The average molecular weight is 734 g/mol. The number of hydrogen-bond acceptors (Lipinski definition) is 3. The summed E-state index contributed by atoms with van der Waals surface area (Å²) in [7, 11) is 0. The second-order valence-electron chi connectivity index (χ2n) is 14.5. The first kappa shape index (κ1) is 32.5. The molecule has 0 fully saturated rings. The number of hydrogen-bond donors (Lipinski definition) is 0. The van der Waals surface area contributed by atoms with Crippen molar-refractivity contribution in [1.82, 2.24) is 0 Å². The van der Waals surface area contributed by atoms with Crippen LogP contribution in [0, 0.1) is 0 Å². The summed E-state index contributed by atoms with van der Waals surface area (Å²) in [5.74, 6) is 0. The van der Waals surface area contributed by atoms with Gasteiger partial charge >= 0.3 is 0 Å². The maximum Gasteiger partial charge on any atom is 0.135 e. The van der Waals surface area contributed by atoms with Gasteiger partial charge in [-0.15, -0.1) is 11.3 Å². The van der Waals surface area contributed by atoms with Gasteiger partial charge in [-0.1, -0.05) is 140 Å². The highest BCUT2D eigenvalue weighted by atomic mass is 32.1. The topological polar surface area (TPSA) is 16.4 Å². The molecule has 0 aliphatic rings. The Hall–Kier alpha value is -6.94. The van der Waals surface area contributed by atoms with Gasteiger partial charge in [0.25, 0.3) is 0 Å². The van der Waals surface area contributed by atoms with Crippen molar-refractivity contribution in [3.8, 4) is 33.4 Å². The summed E-state index contributed by atoms with van der Waals surface area (Å²) in [5, 5.41) is 7.42. The summed E-state index contributed by atoms with van der Waals surface area (Å²) < 4.78 is 8.83. The molecule has 0 aliphatic heterocycles. The van der Waals surface area contributed by atoms with Gasteiger partial charge in [0, 0.05) is 48.9 Å². The maximum atomic E-state index is 6.20. The highest BCUT2D eigenvalue weighted by molar-refractivity contribution is 7.25. The SMILES string of the molecule is c1cc(-c2ccc3c(c2)sc2ccccc23)cc(N(Cc2ccccc2-c2ccc3oc4ccccc4c3c2)c2ccc(-c3ccc4ccccc4c3)cc2)c1. The number of furan rings is 1. The third kappa shape index (κ3) is 5.72. The first-order valence-corrected chi connectivity index (χ1v) is 19.9. The fraction of sp³-hybridized carbons (Fsp3) is 0.0189. The largest absolute Gasteiger partial charge is 0.456 e. The molecule has 0 bridgehead atoms. The number of nitrogens with zero attached hydrogens (tertiary/aromatic N) is 1. The van der Waals surface area contributed by atoms with Crippen LogP contribution in [0.3, 0.4) is 0 Å². The molecule has 3 heteroatoms. The predicted octanol–water partition coefficient (Wildman–Crippen LogP) is 15.4. The Labute approximate surface area is 329 Å². The van der Waals surface area contributed by atoms with Gasteiger partial charge in [-0.3, -0.25) is 0 Å². The van der Waals surface area contributed by atoms with Crippen molar-refractivity contribution in [3.05, 3.63) is 206 Å². The third-order valence-corrected chi connectivity index (χ3v) is 12.3. The zero-order valence-corrected chi connectivity index (χ0v) is 31.3. The minimum absolute atomic E-state index is 0.689. The molecule has 9 aromatic carbocycles. The molecule has 2 aromatic heterocycles. The number of rotatable bonds is 7. The van der Waals surface area contributed by atoms with Gasteiger partial charge in [-0.25, -0.2) is 0 Å². The van der Waals surface area contributed by atoms with E-state index in [1.54, 1.807) is 0 Å². The molecule has 56 heavy (non-hydrogen) atoms. The first-order chi connectivity index (χ1) is 27.7. The van der Waals surface area contributed by atoms with Crippen LogP contribution in [-0.2, 0) is 6.54 Å². The van der Waals surface area contributed by atoms with Crippen LogP contribution in [0.25, 0.3) is 86.3 Å². The molecule has 0 spiro atoms. The van der Waals surface area contributed by atoms with Crippen molar-refractivity contribution >= 4 is 75.6 Å². The molecule has 0 unspecified atom stereocenters. The second-order valence-corrected chi connectivity index (χ2v) is 15.6. The van der Waals surface area contributed by atoms with Gasteiger partial charge < -0.3 is 9.32 Å². The fourth-order valence-corrected chi connectivity index (χ4v) is 9.44. The van der Waals surface area contributed by atoms with Gasteiger partial charge in [0.1, 0.15) is 11.2 Å². The molecular formula is C53H35NOS. The Morgan fingerprint density at radius 1 is 0.375 bits per heavy atom. The molecule has 11 aromatic rings. The van der Waals surface area contributed by atoms with Crippen molar-refractivity contribution in [2.75, 3.05) is 4.90 Å². The normalized spacial score (nSPS) is 11.6. The fourth-order valence-electron chi connectivity index (χ4n) is 8.30. The quantitative estimate of drug-likeness (QED) is 0.162. The van der Waals surface area contributed by atoms with Crippen molar-refractivity contribution in [1.29, 1.82) is 0 Å². The van der Waals surface area contributed by atoms with E-state index < -0.39 is 0 Å². The van der Waals surface area contributed by atoms with Gasteiger partial charge in [0.2, 0.25) is 0 Å². The summed E-state index contributed by atoms with van der Waals surface area (Å²) in [5.41, 5.74) is 12.6. The Bertz CT molecular complexity index is 3240. The molecule has 0 amide bonds. The van der Waals surface area contributed by atoms with E-state index in [9.17, 15) is 0 Å². The van der Waals surface area contributed by atoms with Gasteiger partial charge in [0.15, 0.2) is 0 Å². The molecule has 2 heterocycles. The van der Waals surface area contributed by atoms with E-state index in [0.717, 1.165) is 33.3 Å². The molecule has 0 atom stereocenters. The Morgan fingerprint density at radius 2 is 1.05 bits per heavy atom. The lowest BCUT2D eigenvalue weighted by Gasteiger charge is -2.27. The van der Waals surface area contributed by atoms with E-state index in [4.69, 9.17) is 4.42 Å². The lowest BCUT2D eigenvalue weighted by molar-refractivity contribution is 0.669. The average Bonchev–Trinajstić information content (AvgIpc) is 3.83. The summed E-state index contributed by atoms with van der Waals surface area (Å²) >= 11 is 1.86. The predicted molar refractivity (Wildman–Crippen MR) is 239 cm³/mol. The molecule has 0 saturated carbocycles. The van der Waals surface area contributed by atoms with Crippen LogP contribution >= 0.6 is 11.3 Å². The van der Waals surface area contributed by atoms with E-state index >= 15 is 0 Å². The minimum atomic E-state index is 0.689. The number of anilines is 2. The molecule has 0 N–H and O–H groups in total. The van der Waals surface area contributed by atoms with Gasteiger partial charge in [-0.2, -0.15) is 0 Å². The van der Waals surface area contributed by atoms with Gasteiger partial charge in [0.05, 0.1) is 0 Å². The number of benzene rings is 9. The number of fused-ring (bicyclic) bond motifs is 7. The molecule has 0 aliphatic carbocycles. The number of para-hydroxylation sites is 1. The zero-order valence-electron chi connectivity index (χ0n) is 30.5. The van der Waals surface area contributed by atoms with Crippen LogP contribution in [0.4, 0.5) is 11.4 Å². The van der Waals surface area contributed by atoms with Crippen LogP contribution in [-0.4, -0.2) is 0 Å². The molecule has 0 radical (unpaired) electrons. The summed E-state index contributed by atoms with van der Waals surface area (Å²) in [6, 6.07) is 72.7. The lowest BCUT2D eigenvalue weighted by Crippen LogP contribution is -2.17. The van der Waals surface area contributed by atoms with Crippen molar-refractivity contribution in [3.63, 3.8) is 0 Å². The van der Waals surface area contributed by atoms with Crippen LogP contribution in [0.5, 0.6) is 0 Å². The molecule has 11 rings (SSSR count). The monoisotopic (exact) mass is 733 g/mol. The second kappa shape index (κ2) is 13.4. The summed E-state index contributed by atoms with van der Waals surface area (Å²) in [4.78, 5) is 2.45. The lowest BCUT2D eigenvalue weighted by atomic mass is 9.97. The Kier molecular flexibility index (Phi) is 7.78. The molecule has 2 nitrogen and oxygen atoms in total.